The summed E-state index contributed by atoms with van der Waals surface area (Å²) in [6, 6.07) is 9.69. The van der Waals surface area contributed by atoms with Gasteiger partial charge in [0.05, 0.1) is 4.90 Å². The summed E-state index contributed by atoms with van der Waals surface area (Å²) in [4.78, 5) is 12.5. The standard InChI is InChI=1S/C19H22BrNO4S/c1-13-2-6-15(7-3-13)21-19(22)18-11-8-16(25-18)12-26(23,24)17-9-4-14(20)5-10-17/h4-5,8-11,13,15H,2-3,6-7,12H2,1H3,(H,21,22). The van der Waals surface area contributed by atoms with E-state index in [9.17, 15) is 13.2 Å². The Morgan fingerprint density at radius 1 is 1.12 bits per heavy atom. The summed E-state index contributed by atoms with van der Waals surface area (Å²) < 4.78 is 31.2. The number of halogens is 1. The minimum atomic E-state index is -3.52. The van der Waals surface area contributed by atoms with Crippen molar-refractivity contribution in [3.8, 4) is 0 Å². The first-order valence-electron chi connectivity index (χ1n) is 8.71. The second-order valence-electron chi connectivity index (χ2n) is 6.91. The van der Waals surface area contributed by atoms with Crippen molar-refractivity contribution < 1.29 is 17.6 Å². The lowest BCUT2D eigenvalue weighted by Crippen LogP contribution is -2.37. The predicted molar refractivity (Wildman–Crippen MR) is 103 cm³/mol. The van der Waals surface area contributed by atoms with Gasteiger partial charge < -0.3 is 9.73 Å². The van der Waals surface area contributed by atoms with Crippen LogP contribution in [0.2, 0.25) is 0 Å². The van der Waals surface area contributed by atoms with Crippen LogP contribution in [0, 0.1) is 5.92 Å². The van der Waals surface area contributed by atoms with Crippen molar-refractivity contribution in [3.05, 3.63) is 52.4 Å². The number of hydrogen-bond donors (Lipinski definition) is 1. The highest BCUT2D eigenvalue weighted by Gasteiger charge is 2.23. The van der Waals surface area contributed by atoms with Crippen LogP contribution in [0.4, 0.5) is 0 Å². The third-order valence-electron chi connectivity index (χ3n) is 4.74. The molecule has 1 aromatic heterocycles. The molecule has 26 heavy (non-hydrogen) atoms. The monoisotopic (exact) mass is 439 g/mol. The Morgan fingerprint density at radius 2 is 1.77 bits per heavy atom. The van der Waals surface area contributed by atoms with Crippen LogP contribution in [-0.2, 0) is 15.6 Å². The molecule has 1 aliphatic carbocycles. The third kappa shape index (κ3) is 4.76. The smallest absolute Gasteiger partial charge is 0.287 e. The average Bonchev–Trinajstić information content (AvgIpc) is 3.05. The Balaban J connectivity index is 1.64. The van der Waals surface area contributed by atoms with E-state index in [2.05, 4.69) is 28.2 Å². The molecule has 0 saturated heterocycles. The van der Waals surface area contributed by atoms with E-state index >= 15 is 0 Å². The van der Waals surface area contributed by atoms with Gasteiger partial charge in [-0.1, -0.05) is 22.9 Å². The minimum Gasteiger partial charge on any atom is -0.455 e. The van der Waals surface area contributed by atoms with Gasteiger partial charge >= 0.3 is 0 Å². The van der Waals surface area contributed by atoms with Crippen LogP contribution in [-0.4, -0.2) is 20.4 Å². The molecule has 1 aliphatic rings. The first-order valence-corrected chi connectivity index (χ1v) is 11.2. The molecule has 0 atom stereocenters. The second kappa shape index (κ2) is 7.96. The van der Waals surface area contributed by atoms with Crippen LogP contribution < -0.4 is 5.32 Å². The van der Waals surface area contributed by atoms with Gasteiger partial charge in [-0.3, -0.25) is 4.79 Å². The second-order valence-corrected chi connectivity index (χ2v) is 9.81. The van der Waals surface area contributed by atoms with Gasteiger partial charge in [0.25, 0.3) is 5.91 Å². The maximum Gasteiger partial charge on any atom is 0.287 e. The molecule has 0 bridgehead atoms. The maximum absolute atomic E-state index is 12.5. The number of carbonyl (C=O) groups is 1. The van der Waals surface area contributed by atoms with Crippen molar-refractivity contribution in [1.82, 2.24) is 5.32 Å². The normalized spacial score (nSPS) is 20.7. The van der Waals surface area contributed by atoms with Crippen molar-refractivity contribution in [2.24, 2.45) is 5.92 Å². The maximum atomic E-state index is 12.5. The number of furan rings is 1. The zero-order chi connectivity index (χ0) is 18.7. The number of benzene rings is 1. The summed E-state index contributed by atoms with van der Waals surface area (Å²) in [7, 11) is -3.52. The Labute approximate surface area is 162 Å². The van der Waals surface area contributed by atoms with Crippen LogP contribution in [0.1, 0.15) is 48.9 Å². The van der Waals surface area contributed by atoms with Gasteiger partial charge in [-0.15, -0.1) is 0 Å². The Bertz CT molecular complexity index is 865. The molecule has 1 heterocycles. The zero-order valence-corrected chi connectivity index (χ0v) is 17.0. The minimum absolute atomic E-state index is 0.157. The summed E-state index contributed by atoms with van der Waals surface area (Å²) in [5.74, 6) is 0.571. The van der Waals surface area contributed by atoms with E-state index in [0.717, 1.165) is 30.2 Å². The molecule has 1 N–H and O–H groups in total. The summed E-state index contributed by atoms with van der Waals surface area (Å²) in [6.07, 6.45) is 4.16. The molecule has 2 aromatic rings. The molecule has 1 aromatic carbocycles. The molecule has 3 rings (SSSR count). The van der Waals surface area contributed by atoms with E-state index in [4.69, 9.17) is 4.42 Å². The highest BCUT2D eigenvalue weighted by atomic mass is 79.9. The lowest BCUT2D eigenvalue weighted by molar-refractivity contribution is 0.0893. The summed E-state index contributed by atoms with van der Waals surface area (Å²) in [5.41, 5.74) is 0. The number of carbonyl (C=O) groups excluding carboxylic acids is 1. The third-order valence-corrected chi connectivity index (χ3v) is 6.93. The van der Waals surface area contributed by atoms with E-state index in [-0.39, 0.29) is 34.1 Å². The molecule has 7 heteroatoms. The van der Waals surface area contributed by atoms with Gasteiger partial charge in [0, 0.05) is 10.5 Å². The topological polar surface area (TPSA) is 76.4 Å². The number of sulfone groups is 1. The quantitative estimate of drug-likeness (QED) is 0.751. The molecule has 0 aliphatic heterocycles. The summed E-state index contributed by atoms with van der Waals surface area (Å²) in [5, 5.41) is 2.98. The molecule has 1 amide bonds. The van der Waals surface area contributed by atoms with Crippen molar-refractivity contribution in [2.75, 3.05) is 0 Å². The number of nitrogens with one attached hydrogen (secondary N) is 1. The lowest BCUT2D eigenvalue weighted by Gasteiger charge is -2.26. The molecule has 1 saturated carbocycles. The van der Waals surface area contributed by atoms with Crippen LogP contribution in [0.3, 0.4) is 0 Å². The SMILES string of the molecule is CC1CCC(NC(=O)c2ccc(CS(=O)(=O)c3ccc(Br)cc3)o2)CC1. The molecule has 0 spiro atoms. The van der Waals surface area contributed by atoms with Gasteiger partial charge in [-0.25, -0.2) is 8.42 Å². The first kappa shape index (κ1) is 19.2. The van der Waals surface area contributed by atoms with E-state index in [1.54, 1.807) is 30.3 Å². The Morgan fingerprint density at radius 3 is 2.42 bits per heavy atom. The van der Waals surface area contributed by atoms with Crippen LogP contribution >= 0.6 is 15.9 Å². The molecule has 0 unspecified atom stereocenters. The molecule has 1 fully saturated rings. The zero-order valence-electron chi connectivity index (χ0n) is 14.6. The van der Waals surface area contributed by atoms with Gasteiger partial charge in [0.2, 0.25) is 0 Å². The highest BCUT2D eigenvalue weighted by molar-refractivity contribution is 9.10. The largest absolute Gasteiger partial charge is 0.455 e. The van der Waals surface area contributed by atoms with Crippen LogP contribution in [0.15, 0.2) is 50.2 Å². The molecule has 5 nitrogen and oxygen atoms in total. The van der Waals surface area contributed by atoms with Crippen LogP contribution in [0.5, 0.6) is 0 Å². The molecule has 0 radical (unpaired) electrons. The van der Waals surface area contributed by atoms with E-state index < -0.39 is 9.84 Å². The summed E-state index contributed by atoms with van der Waals surface area (Å²) >= 11 is 3.28. The summed E-state index contributed by atoms with van der Waals surface area (Å²) in [6.45, 7) is 2.22. The number of amides is 1. The van der Waals surface area contributed by atoms with Crippen molar-refractivity contribution in [1.29, 1.82) is 0 Å². The first-order chi connectivity index (χ1) is 12.3. The van der Waals surface area contributed by atoms with Gasteiger partial charge in [0.1, 0.15) is 11.5 Å². The van der Waals surface area contributed by atoms with Crippen LogP contribution in [0.25, 0.3) is 0 Å². The molecular formula is C19H22BrNO4S. The molecular weight excluding hydrogens is 418 g/mol. The lowest BCUT2D eigenvalue weighted by atomic mass is 9.87. The average molecular weight is 440 g/mol. The van der Waals surface area contributed by atoms with Crippen molar-refractivity contribution in [3.63, 3.8) is 0 Å². The van der Waals surface area contributed by atoms with E-state index in [0.29, 0.717) is 5.92 Å². The number of rotatable bonds is 5. The van der Waals surface area contributed by atoms with Crippen molar-refractivity contribution in [2.45, 2.75) is 49.3 Å². The van der Waals surface area contributed by atoms with E-state index in [1.807, 2.05) is 0 Å². The fourth-order valence-corrected chi connectivity index (χ4v) is 4.66. The van der Waals surface area contributed by atoms with Crippen molar-refractivity contribution >= 4 is 31.7 Å². The highest BCUT2D eigenvalue weighted by Crippen LogP contribution is 2.24. The van der Waals surface area contributed by atoms with E-state index in [1.165, 1.54) is 6.07 Å². The number of hydrogen-bond acceptors (Lipinski definition) is 4. The van der Waals surface area contributed by atoms with Gasteiger partial charge in [-0.2, -0.15) is 0 Å². The fraction of sp³-hybridized carbons (Fsp3) is 0.421. The fourth-order valence-electron chi connectivity index (χ4n) is 3.15. The van der Waals surface area contributed by atoms with Gasteiger partial charge in [0.15, 0.2) is 15.6 Å². The Kier molecular flexibility index (Phi) is 5.87. The predicted octanol–water partition coefficient (Wildman–Crippen LogP) is 4.32. The molecule has 140 valence electrons. The Hall–Kier alpha value is -1.60. The van der Waals surface area contributed by atoms with Gasteiger partial charge in [-0.05, 0) is 68.0 Å².